The van der Waals surface area contributed by atoms with Crippen molar-refractivity contribution in [3.8, 4) is 0 Å². The molecule has 0 aliphatic heterocycles. The van der Waals surface area contributed by atoms with Gasteiger partial charge in [0.05, 0.1) is 0 Å². The summed E-state index contributed by atoms with van der Waals surface area (Å²) in [4.78, 5) is 0. The maximum Gasteiger partial charge on any atom is -1.00 e. The van der Waals surface area contributed by atoms with Crippen molar-refractivity contribution in [3.05, 3.63) is 186 Å². The smallest absolute Gasteiger partial charge is 1.00 e. The molecule has 300 valence electrons. The van der Waals surface area contributed by atoms with E-state index in [1.165, 1.54) is 27.5 Å². The predicted octanol–water partition coefficient (Wildman–Crippen LogP) is 6.58. The third kappa shape index (κ3) is 4.88. The Morgan fingerprint density at radius 1 is 0.593 bits per heavy atom. The Morgan fingerprint density at radius 2 is 1.19 bits per heavy atom. The number of fused-ring (bicyclic) bond motifs is 11. The van der Waals surface area contributed by atoms with E-state index in [9.17, 15) is 0 Å². The van der Waals surface area contributed by atoms with Crippen LogP contribution in [0.25, 0.3) is 16.8 Å². The molecular formula is C55H58Cl2SiZr. The molecule has 0 heterocycles. The van der Waals surface area contributed by atoms with Gasteiger partial charge < -0.3 is 24.8 Å². The zero-order valence-corrected chi connectivity index (χ0v) is 41.3. The molecule has 0 N–H and O–H groups in total. The van der Waals surface area contributed by atoms with Crippen LogP contribution in [0.3, 0.4) is 0 Å². The van der Waals surface area contributed by atoms with E-state index in [0.717, 1.165) is 0 Å². The minimum atomic E-state index is -1.55. The summed E-state index contributed by atoms with van der Waals surface area (Å²) >= 11 is -1.21. The second kappa shape index (κ2) is 14.3. The average molecular weight is 909 g/mol. The second-order valence-electron chi connectivity index (χ2n) is 19.7. The van der Waals surface area contributed by atoms with Crippen LogP contribution in [0.2, 0.25) is 3.63 Å². The van der Waals surface area contributed by atoms with E-state index in [-0.39, 0.29) is 68.6 Å². The molecule has 4 heteroatoms. The second-order valence-corrected chi connectivity index (χ2v) is 30.5. The molecular weight excluding hydrogens is 851 g/mol. The maximum atomic E-state index is 2.88. The van der Waals surface area contributed by atoms with Crippen LogP contribution in [0, 0.1) is 43.8 Å². The Bertz CT molecular complexity index is 2530. The van der Waals surface area contributed by atoms with E-state index in [4.69, 9.17) is 0 Å². The van der Waals surface area contributed by atoms with Crippen LogP contribution in [0.4, 0.5) is 0 Å². The summed E-state index contributed by atoms with van der Waals surface area (Å²) in [5.74, 6) is -0.845. The van der Waals surface area contributed by atoms with E-state index in [1.54, 1.807) is 21.5 Å². The molecule has 10 atom stereocenters. The number of halogens is 2. The number of rotatable bonds is 5. The molecule has 0 aromatic heterocycles. The number of hydrogen-bond acceptors (Lipinski definition) is 0. The van der Waals surface area contributed by atoms with E-state index >= 15 is 0 Å². The monoisotopic (exact) mass is 906 g/mol. The van der Waals surface area contributed by atoms with Gasteiger partial charge in [0.15, 0.2) is 0 Å². The Kier molecular flexibility index (Phi) is 10.3. The Hall–Kier alpha value is -3.00. The molecule has 2 fully saturated rings. The third-order valence-electron chi connectivity index (χ3n) is 18.8. The molecule has 0 saturated heterocycles. The quantitative estimate of drug-likeness (QED) is 0.199. The third-order valence-corrected chi connectivity index (χ3v) is 33.9. The summed E-state index contributed by atoms with van der Waals surface area (Å²) in [6.45, 7) is 24.2. The van der Waals surface area contributed by atoms with Crippen molar-refractivity contribution in [1.29, 1.82) is 0 Å². The fraction of sp³-hybridized carbons (Fsp3) is 0.345. The number of benzene rings is 4. The fourth-order valence-electron chi connectivity index (χ4n) is 15.2. The zero-order valence-electron chi connectivity index (χ0n) is 36.2. The molecule has 4 aromatic rings. The maximum absolute atomic E-state index is 2.88. The minimum absolute atomic E-state index is 0. The van der Waals surface area contributed by atoms with Gasteiger partial charge in [-0.25, -0.2) is 0 Å². The molecule has 2 saturated carbocycles. The van der Waals surface area contributed by atoms with Gasteiger partial charge in [0, 0.05) is 0 Å². The van der Waals surface area contributed by atoms with Crippen LogP contribution in [0.5, 0.6) is 0 Å². The molecule has 4 aromatic carbocycles. The molecule has 0 nitrogen and oxygen atoms in total. The van der Waals surface area contributed by atoms with Gasteiger partial charge in [-0.1, -0.05) is 0 Å². The van der Waals surface area contributed by atoms with Crippen molar-refractivity contribution >= 4 is 33.1 Å². The summed E-state index contributed by atoms with van der Waals surface area (Å²) in [6.07, 6.45) is 28.2. The van der Waals surface area contributed by atoms with Crippen molar-refractivity contribution in [3.63, 3.8) is 0 Å². The van der Waals surface area contributed by atoms with Gasteiger partial charge in [-0.3, -0.25) is 0 Å². The van der Waals surface area contributed by atoms with Gasteiger partial charge >= 0.3 is 357 Å². The molecule has 6 aliphatic carbocycles. The van der Waals surface area contributed by atoms with Crippen LogP contribution in [-0.4, -0.2) is 5.92 Å². The standard InChI is InChI=1S/C43H47.C12H11Si.2ClH.Zr/c1-28-26-34-32-19-11-10-17-30(32)21-22-33(34)36(28)35-20-15-25-38(4)37(3)23-12-13-24-39(37,5)43(9)40(6,42(35,38)8)27-31-18-14-16-29(2)41(31,43)7;1-3-7-11(8-4-1)13-12-9-5-2-6-10-12;;;/h10-27,31,36H,1-9H3;1-10,13H;2*1H;/q;;;;+2/p-2. The van der Waals surface area contributed by atoms with Crippen molar-refractivity contribution in [2.24, 2.45) is 43.8 Å². The van der Waals surface area contributed by atoms with E-state index < -0.39 is 28.3 Å². The molecule has 0 spiro atoms. The summed E-state index contributed by atoms with van der Waals surface area (Å²) in [5.41, 5.74) is 6.79. The first-order valence-corrected chi connectivity index (χ1v) is 28.8. The van der Waals surface area contributed by atoms with Crippen molar-refractivity contribution < 1.29 is 47.2 Å². The summed E-state index contributed by atoms with van der Waals surface area (Å²) in [5, 5.41) is 5.99. The summed E-state index contributed by atoms with van der Waals surface area (Å²) < 4.78 is 0.592. The molecule has 6 aliphatic rings. The predicted molar refractivity (Wildman–Crippen MR) is 242 cm³/mol. The average Bonchev–Trinajstić information content (AvgIpc) is 3.64. The van der Waals surface area contributed by atoms with Crippen LogP contribution in [0.1, 0.15) is 79.4 Å². The Labute approximate surface area is 378 Å². The minimum Gasteiger partial charge on any atom is -1.00 e. The van der Waals surface area contributed by atoms with E-state index in [0.29, 0.717) is 9.54 Å². The molecule has 10 rings (SSSR count). The first-order valence-electron chi connectivity index (χ1n) is 21.4. The summed E-state index contributed by atoms with van der Waals surface area (Å²) in [7, 11) is 0. The van der Waals surface area contributed by atoms with E-state index in [2.05, 4.69) is 226 Å². The largest absolute Gasteiger partial charge is 1.00 e. The van der Waals surface area contributed by atoms with Crippen molar-refractivity contribution in [2.75, 3.05) is 0 Å². The van der Waals surface area contributed by atoms with Crippen LogP contribution < -0.4 is 35.2 Å². The first-order chi connectivity index (χ1) is 27.2. The van der Waals surface area contributed by atoms with E-state index in [1.807, 2.05) is 0 Å². The number of allylic oxidation sites excluding steroid dienone is 13. The zero-order chi connectivity index (χ0) is 39.8. The van der Waals surface area contributed by atoms with Gasteiger partial charge in [0.1, 0.15) is 0 Å². The van der Waals surface area contributed by atoms with Crippen LogP contribution in [-0.2, 0) is 22.4 Å². The normalized spacial score (nSPS) is 38.1. The van der Waals surface area contributed by atoms with Gasteiger partial charge in [0.25, 0.3) is 0 Å². The molecule has 0 radical (unpaired) electrons. The van der Waals surface area contributed by atoms with Crippen molar-refractivity contribution in [1.82, 2.24) is 0 Å². The van der Waals surface area contributed by atoms with Crippen molar-refractivity contribution in [2.45, 2.75) is 71.9 Å². The molecule has 59 heavy (non-hydrogen) atoms. The van der Waals surface area contributed by atoms with Gasteiger partial charge in [-0.05, 0) is 0 Å². The summed E-state index contributed by atoms with van der Waals surface area (Å²) in [6, 6.07) is 37.6. The number of hydrogen-bond donors (Lipinski definition) is 0. The molecule has 0 amide bonds. The Balaban J connectivity index is 0.00000242. The Morgan fingerprint density at radius 3 is 1.85 bits per heavy atom. The topological polar surface area (TPSA) is 0 Å². The van der Waals surface area contributed by atoms with Crippen LogP contribution in [0.15, 0.2) is 175 Å². The molecule has 10 unspecified atom stereocenters. The first kappa shape index (κ1) is 42.7. The van der Waals surface area contributed by atoms with Gasteiger partial charge in [0.2, 0.25) is 0 Å². The SMILES string of the molecule is CC1=Cc2c(ccc3ccccc23)C1C1=CC=CC2(C)C3(C)C=CC=CC3(C)C3(C)C4(C)C(C)=CC=CC4[CH]([Zr+2][SiH](c4ccccc4)c4ccccc4)C3(C)C12C.[Cl-].[Cl-]. The van der Waals surface area contributed by atoms with Gasteiger partial charge in [-0.15, -0.1) is 0 Å². The van der Waals surface area contributed by atoms with Crippen LogP contribution >= 0.6 is 0 Å². The van der Waals surface area contributed by atoms with Gasteiger partial charge in [-0.2, -0.15) is 0 Å². The fourth-order valence-corrected chi connectivity index (χ4v) is 32.9. The molecule has 0 bridgehead atoms.